The fraction of sp³-hybridized carbons (Fsp3) is 0.300. The van der Waals surface area contributed by atoms with E-state index in [1.54, 1.807) is 33.5 Å². The number of carbonyl (C=O) groups excluding carboxylic acids is 1. The zero-order valence-corrected chi connectivity index (χ0v) is 22.2. The van der Waals surface area contributed by atoms with Crippen molar-refractivity contribution in [3.63, 3.8) is 0 Å². The van der Waals surface area contributed by atoms with Gasteiger partial charge in [0, 0.05) is 12.1 Å². The van der Waals surface area contributed by atoms with Crippen LogP contribution in [0.3, 0.4) is 0 Å². The second kappa shape index (κ2) is 12.3. The largest absolute Gasteiger partial charge is 0.493 e. The number of likely N-dealkylation sites (N-methyl/N-ethyl adjacent to an activating group) is 1. The van der Waals surface area contributed by atoms with E-state index in [4.69, 9.17) is 18.9 Å². The van der Waals surface area contributed by atoms with Crippen molar-refractivity contribution in [2.75, 3.05) is 48.6 Å². The van der Waals surface area contributed by atoms with Crippen LogP contribution in [-0.4, -0.2) is 59.3 Å². The second-order valence-corrected chi connectivity index (χ2v) is 8.86. The van der Waals surface area contributed by atoms with Crippen LogP contribution in [0.4, 0.5) is 0 Å². The van der Waals surface area contributed by atoms with E-state index in [1.807, 2.05) is 43.3 Å². The van der Waals surface area contributed by atoms with Gasteiger partial charge >= 0.3 is 0 Å². The Kier molecular flexibility index (Phi) is 9.14. The lowest BCUT2D eigenvalue weighted by atomic mass is 9.97. The van der Waals surface area contributed by atoms with Crippen LogP contribution in [0.1, 0.15) is 27.0 Å². The molecule has 0 bridgehead atoms. The number of ether oxygens (including phenoxy) is 4. The predicted octanol–water partition coefficient (Wildman–Crippen LogP) is 5.83. The first-order valence-electron chi connectivity index (χ1n) is 11.8. The molecule has 0 fully saturated rings. The Hall–Kier alpha value is -3.77. The third-order valence-corrected chi connectivity index (χ3v) is 5.75. The molecular weight excluding hydrogens is 454 g/mol. The number of rotatable bonds is 11. The van der Waals surface area contributed by atoms with Gasteiger partial charge in [-0.3, -0.25) is 4.79 Å². The van der Waals surface area contributed by atoms with Gasteiger partial charge in [-0.05, 0) is 75.5 Å². The fourth-order valence-electron chi connectivity index (χ4n) is 4.02. The molecule has 36 heavy (non-hydrogen) atoms. The standard InChI is InChI=1S/C30H35NO5/c1-20-16-21(2)18-24(17-20)23-10-12-27(36-15-14-31(3)4)25(19-23)26(32)11-8-22-9-13-28(33-5)30(35-7)29(22)34-6/h8-13,16-19H,14-15H2,1-7H3. The van der Waals surface area contributed by atoms with Gasteiger partial charge in [-0.15, -0.1) is 0 Å². The lowest BCUT2D eigenvalue weighted by Crippen LogP contribution is -2.20. The summed E-state index contributed by atoms with van der Waals surface area (Å²) >= 11 is 0. The Balaban J connectivity index is 2.01. The molecule has 0 N–H and O–H groups in total. The van der Waals surface area contributed by atoms with Gasteiger partial charge in [0.15, 0.2) is 17.3 Å². The molecule has 0 atom stereocenters. The SMILES string of the molecule is COc1ccc(C=CC(=O)c2cc(-c3cc(C)cc(C)c3)ccc2OCCN(C)C)c(OC)c1OC. The zero-order chi connectivity index (χ0) is 26.2. The molecule has 190 valence electrons. The van der Waals surface area contributed by atoms with Crippen molar-refractivity contribution in [1.82, 2.24) is 4.90 Å². The number of benzene rings is 3. The quantitative estimate of drug-likeness (QED) is 0.249. The van der Waals surface area contributed by atoms with Gasteiger partial charge in [0.1, 0.15) is 12.4 Å². The van der Waals surface area contributed by atoms with Crippen LogP contribution in [0.15, 0.2) is 54.6 Å². The van der Waals surface area contributed by atoms with Crippen LogP contribution in [0.5, 0.6) is 23.0 Å². The zero-order valence-electron chi connectivity index (χ0n) is 22.2. The Labute approximate surface area is 214 Å². The molecule has 3 aromatic rings. The number of aryl methyl sites for hydroxylation is 2. The number of methoxy groups -OCH3 is 3. The van der Waals surface area contributed by atoms with Crippen LogP contribution in [0.25, 0.3) is 17.2 Å². The van der Waals surface area contributed by atoms with Crippen LogP contribution in [0.2, 0.25) is 0 Å². The molecule has 3 aromatic carbocycles. The topological polar surface area (TPSA) is 57.2 Å². The Morgan fingerprint density at radius 3 is 2.08 bits per heavy atom. The summed E-state index contributed by atoms with van der Waals surface area (Å²) in [7, 11) is 8.64. The lowest BCUT2D eigenvalue weighted by Gasteiger charge is -2.15. The van der Waals surface area contributed by atoms with E-state index >= 15 is 0 Å². The van der Waals surface area contributed by atoms with Crippen molar-refractivity contribution in [2.45, 2.75) is 13.8 Å². The summed E-state index contributed by atoms with van der Waals surface area (Å²) in [6.07, 6.45) is 3.25. The van der Waals surface area contributed by atoms with Gasteiger partial charge in [-0.2, -0.15) is 0 Å². The van der Waals surface area contributed by atoms with Crippen molar-refractivity contribution >= 4 is 11.9 Å². The van der Waals surface area contributed by atoms with Gasteiger partial charge in [-0.25, -0.2) is 0 Å². The van der Waals surface area contributed by atoms with Crippen LogP contribution in [0, 0.1) is 13.8 Å². The minimum absolute atomic E-state index is 0.169. The molecule has 0 saturated carbocycles. The van der Waals surface area contributed by atoms with Crippen molar-refractivity contribution in [2.24, 2.45) is 0 Å². The van der Waals surface area contributed by atoms with Gasteiger partial charge < -0.3 is 23.8 Å². The van der Waals surface area contributed by atoms with E-state index in [-0.39, 0.29) is 5.78 Å². The molecule has 6 nitrogen and oxygen atoms in total. The molecule has 3 rings (SSSR count). The minimum atomic E-state index is -0.169. The van der Waals surface area contributed by atoms with Crippen molar-refractivity contribution < 1.29 is 23.7 Å². The number of ketones is 1. The van der Waals surface area contributed by atoms with Gasteiger partial charge in [-0.1, -0.05) is 35.4 Å². The molecule has 0 aliphatic rings. The minimum Gasteiger partial charge on any atom is -0.493 e. The van der Waals surface area contributed by atoms with E-state index in [2.05, 4.69) is 32.0 Å². The van der Waals surface area contributed by atoms with E-state index in [0.717, 1.165) is 17.7 Å². The molecule has 0 spiro atoms. The van der Waals surface area contributed by atoms with Crippen molar-refractivity contribution in [3.05, 3.63) is 76.9 Å². The number of hydrogen-bond acceptors (Lipinski definition) is 6. The monoisotopic (exact) mass is 489 g/mol. The van der Waals surface area contributed by atoms with Crippen LogP contribution < -0.4 is 18.9 Å². The number of carbonyl (C=O) groups is 1. The Morgan fingerprint density at radius 1 is 0.806 bits per heavy atom. The van der Waals surface area contributed by atoms with Crippen LogP contribution in [-0.2, 0) is 0 Å². The highest BCUT2D eigenvalue weighted by Crippen LogP contribution is 2.40. The Morgan fingerprint density at radius 2 is 1.47 bits per heavy atom. The van der Waals surface area contributed by atoms with Gasteiger partial charge in [0.05, 0.1) is 26.9 Å². The Bertz CT molecular complexity index is 1230. The number of allylic oxidation sites excluding steroid dienone is 1. The smallest absolute Gasteiger partial charge is 0.203 e. The first-order valence-corrected chi connectivity index (χ1v) is 11.8. The van der Waals surface area contributed by atoms with E-state index in [0.29, 0.717) is 40.7 Å². The highest BCUT2D eigenvalue weighted by molar-refractivity contribution is 6.09. The van der Waals surface area contributed by atoms with Gasteiger partial charge in [0.2, 0.25) is 5.75 Å². The van der Waals surface area contributed by atoms with Crippen molar-refractivity contribution in [3.8, 4) is 34.1 Å². The first-order chi connectivity index (χ1) is 17.3. The third kappa shape index (κ3) is 6.46. The molecule has 6 heteroatoms. The maximum atomic E-state index is 13.5. The summed E-state index contributed by atoms with van der Waals surface area (Å²) in [6, 6.07) is 15.7. The molecule has 0 saturated heterocycles. The number of nitrogens with zero attached hydrogens (tertiary/aromatic N) is 1. The predicted molar refractivity (Wildman–Crippen MR) is 145 cm³/mol. The molecule has 0 amide bonds. The summed E-state index contributed by atoms with van der Waals surface area (Å²) < 4.78 is 22.4. The van der Waals surface area contributed by atoms with Gasteiger partial charge in [0.25, 0.3) is 0 Å². The van der Waals surface area contributed by atoms with Crippen molar-refractivity contribution in [1.29, 1.82) is 0 Å². The summed E-state index contributed by atoms with van der Waals surface area (Å²) in [5.74, 6) is 1.90. The summed E-state index contributed by atoms with van der Waals surface area (Å²) in [5.41, 5.74) is 5.56. The summed E-state index contributed by atoms with van der Waals surface area (Å²) in [6.45, 7) is 5.36. The third-order valence-electron chi connectivity index (χ3n) is 5.75. The summed E-state index contributed by atoms with van der Waals surface area (Å²) in [5, 5.41) is 0. The first kappa shape index (κ1) is 26.8. The van der Waals surface area contributed by atoms with E-state index < -0.39 is 0 Å². The maximum absolute atomic E-state index is 13.5. The van der Waals surface area contributed by atoms with E-state index in [1.165, 1.54) is 17.2 Å². The molecule has 0 aliphatic carbocycles. The average Bonchev–Trinajstić information content (AvgIpc) is 2.85. The second-order valence-electron chi connectivity index (χ2n) is 8.86. The maximum Gasteiger partial charge on any atom is 0.203 e. The molecule has 0 radical (unpaired) electrons. The molecule has 0 aliphatic heterocycles. The molecule has 0 aromatic heterocycles. The number of hydrogen-bond donors (Lipinski definition) is 0. The summed E-state index contributed by atoms with van der Waals surface area (Å²) in [4.78, 5) is 15.5. The average molecular weight is 490 g/mol. The molecule has 0 unspecified atom stereocenters. The highest BCUT2D eigenvalue weighted by Gasteiger charge is 2.16. The molecule has 0 heterocycles. The van der Waals surface area contributed by atoms with Crippen LogP contribution >= 0.6 is 0 Å². The lowest BCUT2D eigenvalue weighted by molar-refractivity contribution is 0.104. The normalized spacial score (nSPS) is 11.1. The van der Waals surface area contributed by atoms with E-state index in [9.17, 15) is 4.79 Å². The molecular formula is C30H35NO5. The highest BCUT2D eigenvalue weighted by atomic mass is 16.5. The fourth-order valence-corrected chi connectivity index (χ4v) is 4.02.